The maximum absolute atomic E-state index is 4.37. The van der Waals surface area contributed by atoms with Gasteiger partial charge in [-0.2, -0.15) is 0 Å². The fourth-order valence-electron chi connectivity index (χ4n) is 2.01. The lowest BCUT2D eigenvalue weighted by molar-refractivity contribution is 1.42. The molecule has 19 heavy (non-hydrogen) atoms. The first-order valence-electron chi connectivity index (χ1n) is 6.05. The third-order valence-electron chi connectivity index (χ3n) is 2.96. The minimum atomic E-state index is 0.820. The van der Waals surface area contributed by atoms with Crippen LogP contribution in [0.1, 0.15) is 11.1 Å². The molecule has 0 aliphatic carbocycles. The quantitative estimate of drug-likeness (QED) is 0.726. The van der Waals surface area contributed by atoms with Gasteiger partial charge < -0.3 is 0 Å². The van der Waals surface area contributed by atoms with Crippen molar-refractivity contribution < 1.29 is 0 Å². The van der Waals surface area contributed by atoms with Gasteiger partial charge in [-0.1, -0.05) is 55.1 Å². The van der Waals surface area contributed by atoms with Crippen LogP contribution in [0, 0.1) is 0 Å². The molecule has 0 atom stereocenters. The first-order valence-corrected chi connectivity index (χ1v) is 6.05. The van der Waals surface area contributed by atoms with Crippen LogP contribution in [0.5, 0.6) is 0 Å². The number of hydrogen-bond acceptors (Lipinski definition) is 2. The van der Waals surface area contributed by atoms with E-state index in [1.165, 1.54) is 0 Å². The number of hydrogen-bond donors (Lipinski definition) is 0. The summed E-state index contributed by atoms with van der Waals surface area (Å²) >= 11 is 0. The van der Waals surface area contributed by atoms with Crippen LogP contribution in [0.15, 0.2) is 71.2 Å². The van der Waals surface area contributed by atoms with Gasteiger partial charge in [-0.25, -0.2) is 0 Å². The van der Waals surface area contributed by atoms with E-state index in [1.807, 2.05) is 54.6 Å². The van der Waals surface area contributed by atoms with E-state index in [0.29, 0.717) is 0 Å². The number of rotatable bonds is 4. The lowest BCUT2D eigenvalue weighted by Crippen LogP contribution is -2.04. The number of aliphatic imine (C=N–C) groups is 2. The Labute approximate surface area is 113 Å². The van der Waals surface area contributed by atoms with Gasteiger partial charge in [-0.05, 0) is 18.3 Å². The first kappa shape index (κ1) is 13.0. The molecule has 0 aliphatic heterocycles. The minimum Gasteiger partial charge on any atom is -0.287 e. The van der Waals surface area contributed by atoms with Gasteiger partial charge in [0.25, 0.3) is 0 Å². The molecule has 0 aliphatic rings. The van der Waals surface area contributed by atoms with Crippen LogP contribution in [0.25, 0.3) is 5.57 Å². The Hall–Kier alpha value is -2.48. The highest BCUT2D eigenvalue weighted by Crippen LogP contribution is 2.25. The van der Waals surface area contributed by atoms with Gasteiger partial charge in [-0.15, -0.1) is 0 Å². The third kappa shape index (κ3) is 2.68. The van der Waals surface area contributed by atoms with Gasteiger partial charge in [0.1, 0.15) is 0 Å². The molecule has 2 rings (SSSR count). The molecule has 2 heteroatoms. The molecule has 0 spiro atoms. The van der Waals surface area contributed by atoms with Gasteiger partial charge in [0.05, 0.1) is 11.4 Å². The lowest BCUT2D eigenvalue weighted by Gasteiger charge is -2.11. The zero-order valence-corrected chi connectivity index (χ0v) is 11.0. The molecule has 0 saturated heterocycles. The van der Waals surface area contributed by atoms with E-state index in [4.69, 9.17) is 0 Å². The second kappa shape index (κ2) is 5.91. The summed E-state index contributed by atoms with van der Waals surface area (Å²) in [7, 11) is 1.77. The predicted octanol–water partition coefficient (Wildman–Crippen LogP) is 4.15. The van der Waals surface area contributed by atoms with Crippen molar-refractivity contribution in [2.24, 2.45) is 9.98 Å². The zero-order valence-electron chi connectivity index (χ0n) is 11.0. The first-order chi connectivity index (χ1) is 9.27. The Kier molecular flexibility index (Phi) is 4.04. The standard InChI is InChI=1S/C17H16N2/c1-13(14-9-5-4-6-10-14)17(19-3)15-11-7-8-12-16(15)18-2/h4-12H,1-2H2,3H3/b19-17-. The van der Waals surface area contributed by atoms with Crippen LogP contribution in [0.3, 0.4) is 0 Å². The average Bonchev–Trinajstić information content (AvgIpc) is 2.49. The third-order valence-corrected chi connectivity index (χ3v) is 2.96. The van der Waals surface area contributed by atoms with Crippen LogP contribution in [-0.2, 0) is 0 Å². The van der Waals surface area contributed by atoms with E-state index in [0.717, 1.165) is 28.1 Å². The average molecular weight is 248 g/mol. The van der Waals surface area contributed by atoms with Crippen molar-refractivity contribution in [3.63, 3.8) is 0 Å². The summed E-state index contributed by atoms with van der Waals surface area (Å²) in [5.41, 5.74) is 4.56. The van der Waals surface area contributed by atoms with E-state index in [-0.39, 0.29) is 0 Å². The lowest BCUT2D eigenvalue weighted by atomic mass is 9.96. The molecule has 94 valence electrons. The normalized spacial score (nSPS) is 11.1. The van der Waals surface area contributed by atoms with E-state index in [2.05, 4.69) is 23.3 Å². The molecule has 2 nitrogen and oxygen atoms in total. The molecule has 0 saturated carbocycles. The van der Waals surface area contributed by atoms with Crippen molar-refractivity contribution >= 4 is 23.7 Å². The van der Waals surface area contributed by atoms with E-state index >= 15 is 0 Å². The van der Waals surface area contributed by atoms with Crippen LogP contribution in [-0.4, -0.2) is 19.5 Å². The summed E-state index contributed by atoms with van der Waals surface area (Å²) in [4.78, 5) is 8.42. The van der Waals surface area contributed by atoms with Gasteiger partial charge in [-0.3, -0.25) is 9.98 Å². The van der Waals surface area contributed by atoms with Crippen molar-refractivity contribution in [3.05, 3.63) is 72.3 Å². The Morgan fingerprint density at radius 1 is 0.947 bits per heavy atom. The Morgan fingerprint density at radius 2 is 1.58 bits per heavy atom. The van der Waals surface area contributed by atoms with Crippen molar-refractivity contribution in [2.75, 3.05) is 7.05 Å². The molecule has 0 fully saturated rings. The molecular formula is C17H16N2. The SMILES string of the molecule is C=Nc1ccccc1/C(=N\C)C(=C)c1ccccc1. The highest BCUT2D eigenvalue weighted by molar-refractivity contribution is 6.32. The second-order valence-electron chi connectivity index (χ2n) is 4.09. The van der Waals surface area contributed by atoms with Gasteiger partial charge in [0.15, 0.2) is 0 Å². The van der Waals surface area contributed by atoms with E-state index in [1.54, 1.807) is 7.05 Å². The summed E-state index contributed by atoms with van der Waals surface area (Å²) in [6.45, 7) is 7.76. The highest BCUT2D eigenvalue weighted by Gasteiger charge is 2.12. The molecule has 0 bridgehead atoms. The fourth-order valence-corrected chi connectivity index (χ4v) is 2.01. The Morgan fingerprint density at radius 3 is 2.21 bits per heavy atom. The molecule has 2 aromatic carbocycles. The number of benzene rings is 2. The Balaban J connectivity index is 2.47. The van der Waals surface area contributed by atoms with Crippen molar-refractivity contribution in [2.45, 2.75) is 0 Å². The van der Waals surface area contributed by atoms with E-state index < -0.39 is 0 Å². The molecule has 0 unspecified atom stereocenters. The topological polar surface area (TPSA) is 24.7 Å². The van der Waals surface area contributed by atoms with Gasteiger partial charge in [0, 0.05) is 18.2 Å². The molecule has 0 heterocycles. The molecular weight excluding hydrogens is 232 g/mol. The van der Waals surface area contributed by atoms with Crippen molar-refractivity contribution in [1.29, 1.82) is 0 Å². The van der Waals surface area contributed by atoms with Crippen molar-refractivity contribution in [3.8, 4) is 0 Å². The number of allylic oxidation sites excluding steroid dienone is 1. The second-order valence-corrected chi connectivity index (χ2v) is 4.09. The summed E-state index contributed by atoms with van der Waals surface area (Å²) in [6.07, 6.45) is 0. The molecule has 0 N–H and O–H groups in total. The molecule has 0 aromatic heterocycles. The largest absolute Gasteiger partial charge is 0.287 e. The summed E-state index contributed by atoms with van der Waals surface area (Å²) < 4.78 is 0. The van der Waals surface area contributed by atoms with E-state index in [9.17, 15) is 0 Å². The van der Waals surface area contributed by atoms with Crippen LogP contribution in [0.4, 0.5) is 5.69 Å². The molecule has 0 amide bonds. The zero-order chi connectivity index (χ0) is 13.7. The Bertz CT molecular complexity index is 625. The summed E-state index contributed by atoms with van der Waals surface area (Å²) in [5, 5.41) is 0. The fraction of sp³-hybridized carbons (Fsp3) is 0.0588. The number of para-hydroxylation sites is 1. The van der Waals surface area contributed by atoms with Gasteiger partial charge in [0.2, 0.25) is 0 Å². The monoisotopic (exact) mass is 248 g/mol. The highest BCUT2D eigenvalue weighted by atomic mass is 14.7. The van der Waals surface area contributed by atoms with Crippen molar-refractivity contribution in [1.82, 2.24) is 0 Å². The number of nitrogens with zero attached hydrogens (tertiary/aromatic N) is 2. The van der Waals surface area contributed by atoms with Crippen LogP contribution < -0.4 is 0 Å². The smallest absolute Gasteiger partial charge is 0.0737 e. The predicted molar refractivity (Wildman–Crippen MR) is 83.6 cm³/mol. The van der Waals surface area contributed by atoms with Crippen LogP contribution in [0.2, 0.25) is 0 Å². The molecule has 2 aromatic rings. The van der Waals surface area contributed by atoms with Gasteiger partial charge >= 0.3 is 0 Å². The maximum atomic E-state index is 4.37. The summed E-state index contributed by atoms with van der Waals surface area (Å²) in [5.74, 6) is 0. The minimum absolute atomic E-state index is 0.820. The van der Waals surface area contributed by atoms with Crippen LogP contribution >= 0.6 is 0 Å². The summed E-state index contributed by atoms with van der Waals surface area (Å²) in [6, 6.07) is 17.8. The maximum Gasteiger partial charge on any atom is 0.0737 e. The molecule has 0 radical (unpaired) electrons.